The number of nitrogens with zero attached hydrogens (tertiary/aromatic N) is 1. The first kappa shape index (κ1) is 13.4. The second kappa shape index (κ2) is 5.27. The molecule has 1 saturated carbocycles. The fourth-order valence-electron chi connectivity index (χ4n) is 3.90. The van der Waals surface area contributed by atoms with Crippen LogP contribution in [0.4, 0.5) is 0 Å². The zero-order chi connectivity index (χ0) is 12.4. The lowest BCUT2D eigenvalue weighted by Gasteiger charge is -2.40. The topological polar surface area (TPSA) is 15.3 Å². The fourth-order valence-corrected chi connectivity index (χ4v) is 3.90. The van der Waals surface area contributed by atoms with Crippen LogP contribution < -0.4 is 5.32 Å². The minimum absolute atomic E-state index is 0.551. The van der Waals surface area contributed by atoms with Gasteiger partial charge in [-0.15, -0.1) is 0 Å². The number of nitrogens with one attached hydrogen (secondary N) is 1. The van der Waals surface area contributed by atoms with Crippen molar-refractivity contribution < 1.29 is 0 Å². The molecule has 2 fully saturated rings. The first-order valence-electron chi connectivity index (χ1n) is 7.42. The van der Waals surface area contributed by atoms with Gasteiger partial charge in [0.15, 0.2) is 0 Å². The zero-order valence-electron chi connectivity index (χ0n) is 12.0. The summed E-state index contributed by atoms with van der Waals surface area (Å²) in [5, 5.41) is 3.45. The van der Waals surface area contributed by atoms with Crippen LogP contribution in [-0.4, -0.2) is 38.1 Å². The van der Waals surface area contributed by atoms with Crippen molar-refractivity contribution in [2.75, 3.05) is 33.2 Å². The van der Waals surface area contributed by atoms with Gasteiger partial charge >= 0.3 is 0 Å². The summed E-state index contributed by atoms with van der Waals surface area (Å²) < 4.78 is 0. The van der Waals surface area contributed by atoms with E-state index < -0.39 is 0 Å². The van der Waals surface area contributed by atoms with Crippen LogP contribution in [0.3, 0.4) is 0 Å². The van der Waals surface area contributed by atoms with Gasteiger partial charge in [0.25, 0.3) is 0 Å². The molecule has 0 radical (unpaired) electrons. The normalized spacial score (nSPS) is 28.4. The Balaban J connectivity index is 1.93. The lowest BCUT2D eigenvalue weighted by atomic mass is 9.73. The highest BCUT2D eigenvalue weighted by Gasteiger charge is 2.37. The van der Waals surface area contributed by atoms with Crippen LogP contribution in [0.5, 0.6) is 0 Å². The molecule has 1 aliphatic heterocycles. The Morgan fingerprint density at radius 2 is 1.76 bits per heavy atom. The summed E-state index contributed by atoms with van der Waals surface area (Å²) in [7, 11) is 2.12. The molecule has 2 aliphatic rings. The maximum absolute atomic E-state index is 3.45. The molecule has 0 bridgehead atoms. The SMILES string of the molecule is CNCC1(CN2CCC(C)(C)C2)CCCCC1. The maximum atomic E-state index is 3.45. The molecule has 1 saturated heterocycles. The molecule has 2 heteroatoms. The Kier molecular flexibility index (Phi) is 4.14. The molecule has 0 aromatic rings. The fraction of sp³-hybridized carbons (Fsp3) is 1.00. The summed E-state index contributed by atoms with van der Waals surface area (Å²) in [4.78, 5) is 2.72. The van der Waals surface area contributed by atoms with Crippen molar-refractivity contribution in [1.29, 1.82) is 0 Å². The van der Waals surface area contributed by atoms with Crippen LogP contribution in [0.25, 0.3) is 0 Å². The summed E-state index contributed by atoms with van der Waals surface area (Å²) >= 11 is 0. The summed E-state index contributed by atoms with van der Waals surface area (Å²) in [6, 6.07) is 0. The monoisotopic (exact) mass is 238 g/mol. The summed E-state index contributed by atoms with van der Waals surface area (Å²) in [6.07, 6.45) is 8.59. The van der Waals surface area contributed by atoms with E-state index in [-0.39, 0.29) is 0 Å². The maximum Gasteiger partial charge on any atom is 0.00504 e. The smallest absolute Gasteiger partial charge is 0.00504 e. The van der Waals surface area contributed by atoms with Gasteiger partial charge in [-0.2, -0.15) is 0 Å². The predicted octanol–water partition coefficient (Wildman–Crippen LogP) is 2.89. The summed E-state index contributed by atoms with van der Waals surface area (Å²) in [5.74, 6) is 0. The average molecular weight is 238 g/mol. The van der Waals surface area contributed by atoms with Crippen molar-refractivity contribution >= 4 is 0 Å². The molecule has 0 amide bonds. The van der Waals surface area contributed by atoms with Gasteiger partial charge in [-0.3, -0.25) is 0 Å². The van der Waals surface area contributed by atoms with E-state index in [1.807, 2.05) is 0 Å². The lowest BCUT2D eigenvalue weighted by molar-refractivity contribution is 0.113. The van der Waals surface area contributed by atoms with E-state index in [0.717, 1.165) is 0 Å². The van der Waals surface area contributed by atoms with E-state index in [1.54, 1.807) is 0 Å². The van der Waals surface area contributed by atoms with E-state index in [2.05, 4.69) is 31.1 Å². The molecule has 0 aromatic carbocycles. The van der Waals surface area contributed by atoms with Crippen molar-refractivity contribution in [3.63, 3.8) is 0 Å². The van der Waals surface area contributed by atoms with Crippen molar-refractivity contribution in [2.45, 2.75) is 52.4 Å². The van der Waals surface area contributed by atoms with Gasteiger partial charge in [-0.05, 0) is 43.7 Å². The minimum Gasteiger partial charge on any atom is -0.319 e. The highest BCUT2D eigenvalue weighted by Crippen LogP contribution is 2.39. The Morgan fingerprint density at radius 1 is 1.06 bits per heavy atom. The third-order valence-corrected chi connectivity index (χ3v) is 4.78. The first-order valence-corrected chi connectivity index (χ1v) is 7.42. The van der Waals surface area contributed by atoms with Gasteiger partial charge in [0.1, 0.15) is 0 Å². The molecule has 0 atom stereocenters. The Labute approximate surface area is 107 Å². The quantitative estimate of drug-likeness (QED) is 0.810. The Morgan fingerprint density at radius 3 is 2.29 bits per heavy atom. The Hall–Kier alpha value is -0.0800. The van der Waals surface area contributed by atoms with Crippen molar-refractivity contribution in [3.8, 4) is 0 Å². The standard InChI is InChI=1S/C15H30N2/c1-14(2)9-10-17(12-14)13-15(11-16-3)7-5-4-6-8-15/h16H,4-13H2,1-3H3. The number of hydrogen-bond donors (Lipinski definition) is 1. The number of rotatable bonds is 4. The summed E-state index contributed by atoms with van der Waals surface area (Å²) in [5.41, 5.74) is 1.13. The second-order valence-electron chi connectivity index (χ2n) is 7.22. The molecule has 1 aliphatic carbocycles. The van der Waals surface area contributed by atoms with Gasteiger partial charge in [-0.25, -0.2) is 0 Å². The molecule has 2 rings (SSSR count). The van der Waals surface area contributed by atoms with Crippen LogP contribution in [0.1, 0.15) is 52.4 Å². The molecular weight excluding hydrogens is 208 g/mol. The number of likely N-dealkylation sites (tertiary alicyclic amines) is 1. The van der Waals surface area contributed by atoms with Gasteiger partial charge < -0.3 is 10.2 Å². The van der Waals surface area contributed by atoms with Crippen LogP contribution >= 0.6 is 0 Å². The molecule has 0 spiro atoms. The first-order chi connectivity index (χ1) is 8.05. The second-order valence-corrected chi connectivity index (χ2v) is 7.22. The lowest BCUT2D eigenvalue weighted by Crippen LogP contribution is -2.44. The van der Waals surface area contributed by atoms with Crippen molar-refractivity contribution in [1.82, 2.24) is 10.2 Å². The Bertz CT molecular complexity index is 236. The largest absolute Gasteiger partial charge is 0.319 e. The van der Waals surface area contributed by atoms with E-state index in [9.17, 15) is 0 Å². The van der Waals surface area contributed by atoms with Gasteiger partial charge in [0.2, 0.25) is 0 Å². The van der Waals surface area contributed by atoms with Crippen LogP contribution in [0.2, 0.25) is 0 Å². The predicted molar refractivity (Wildman–Crippen MR) is 74.3 cm³/mol. The van der Waals surface area contributed by atoms with Crippen molar-refractivity contribution in [3.05, 3.63) is 0 Å². The molecule has 0 aromatic heterocycles. The van der Waals surface area contributed by atoms with Crippen LogP contribution in [0, 0.1) is 10.8 Å². The highest BCUT2D eigenvalue weighted by molar-refractivity contribution is 4.91. The third-order valence-electron chi connectivity index (χ3n) is 4.78. The number of hydrogen-bond acceptors (Lipinski definition) is 2. The minimum atomic E-state index is 0.551. The molecule has 0 unspecified atom stereocenters. The molecule has 1 N–H and O–H groups in total. The molecule has 1 heterocycles. The van der Waals surface area contributed by atoms with Crippen LogP contribution in [0.15, 0.2) is 0 Å². The third kappa shape index (κ3) is 3.45. The average Bonchev–Trinajstić information content (AvgIpc) is 2.59. The zero-order valence-corrected chi connectivity index (χ0v) is 12.0. The molecule has 17 heavy (non-hydrogen) atoms. The van der Waals surface area contributed by atoms with Crippen LogP contribution in [-0.2, 0) is 0 Å². The summed E-state index contributed by atoms with van der Waals surface area (Å²) in [6.45, 7) is 10.00. The molecule has 2 nitrogen and oxygen atoms in total. The van der Waals surface area contributed by atoms with Gasteiger partial charge in [0.05, 0.1) is 0 Å². The molecular formula is C15H30N2. The van der Waals surface area contributed by atoms with Crippen molar-refractivity contribution in [2.24, 2.45) is 10.8 Å². The molecule has 100 valence electrons. The van der Waals surface area contributed by atoms with E-state index in [4.69, 9.17) is 0 Å². The van der Waals surface area contributed by atoms with Gasteiger partial charge in [0, 0.05) is 19.6 Å². The van der Waals surface area contributed by atoms with E-state index >= 15 is 0 Å². The highest BCUT2D eigenvalue weighted by atomic mass is 15.2. The van der Waals surface area contributed by atoms with E-state index in [1.165, 1.54) is 64.7 Å². The van der Waals surface area contributed by atoms with E-state index in [0.29, 0.717) is 10.8 Å². The van der Waals surface area contributed by atoms with Gasteiger partial charge in [-0.1, -0.05) is 33.1 Å².